The number of aliphatic carboxylic acids is 1. The summed E-state index contributed by atoms with van der Waals surface area (Å²) >= 11 is 11.8. The Bertz CT molecular complexity index is 528. The van der Waals surface area contributed by atoms with E-state index < -0.39 is 11.4 Å². The van der Waals surface area contributed by atoms with Gasteiger partial charge in [0.25, 0.3) is 0 Å². The van der Waals surface area contributed by atoms with Crippen LogP contribution in [0.15, 0.2) is 18.2 Å². The van der Waals surface area contributed by atoms with Crippen molar-refractivity contribution in [2.75, 3.05) is 6.54 Å². The predicted molar refractivity (Wildman–Crippen MR) is 83.8 cm³/mol. The molecule has 1 aromatic carbocycles. The fraction of sp³-hybridized carbons (Fsp3) is 0.467. The van der Waals surface area contributed by atoms with E-state index in [2.05, 4.69) is 5.32 Å². The molecular formula is C15H19Cl2NO3. The molecule has 0 aliphatic carbocycles. The van der Waals surface area contributed by atoms with Crippen molar-refractivity contribution < 1.29 is 14.7 Å². The maximum atomic E-state index is 12.0. The highest BCUT2D eigenvalue weighted by atomic mass is 35.5. The molecule has 0 unspecified atom stereocenters. The van der Waals surface area contributed by atoms with E-state index in [1.165, 1.54) is 0 Å². The molecular weight excluding hydrogens is 313 g/mol. The lowest BCUT2D eigenvalue weighted by Gasteiger charge is -2.26. The maximum Gasteiger partial charge on any atom is 0.311 e. The van der Waals surface area contributed by atoms with Gasteiger partial charge in [0.15, 0.2) is 0 Å². The van der Waals surface area contributed by atoms with E-state index in [4.69, 9.17) is 23.2 Å². The van der Waals surface area contributed by atoms with Crippen molar-refractivity contribution in [3.8, 4) is 0 Å². The van der Waals surface area contributed by atoms with E-state index in [1.54, 1.807) is 32.0 Å². The first-order valence-corrected chi connectivity index (χ1v) is 7.54. The summed E-state index contributed by atoms with van der Waals surface area (Å²) in [4.78, 5) is 23.3. The lowest BCUT2D eigenvalue weighted by molar-refractivity contribution is -0.149. The minimum atomic E-state index is -0.917. The number of rotatable bonds is 7. The van der Waals surface area contributed by atoms with Crippen LogP contribution in [0.3, 0.4) is 0 Å². The summed E-state index contributed by atoms with van der Waals surface area (Å²) in [5.74, 6) is -1.15. The first-order chi connectivity index (χ1) is 9.84. The van der Waals surface area contributed by atoms with Gasteiger partial charge in [0.1, 0.15) is 0 Å². The van der Waals surface area contributed by atoms with E-state index in [9.17, 15) is 14.7 Å². The molecule has 21 heavy (non-hydrogen) atoms. The number of hydrogen-bond acceptors (Lipinski definition) is 2. The molecule has 0 aromatic heterocycles. The summed E-state index contributed by atoms with van der Waals surface area (Å²) in [6.45, 7) is 3.72. The van der Waals surface area contributed by atoms with Crippen LogP contribution in [0.5, 0.6) is 0 Å². The Kier molecular flexibility index (Phi) is 6.49. The lowest BCUT2D eigenvalue weighted by atomic mass is 9.82. The Morgan fingerprint density at radius 2 is 1.86 bits per heavy atom. The number of carbonyl (C=O) groups is 2. The Morgan fingerprint density at radius 1 is 1.24 bits per heavy atom. The molecule has 0 saturated heterocycles. The Labute approximate surface area is 134 Å². The van der Waals surface area contributed by atoms with Crippen molar-refractivity contribution in [3.05, 3.63) is 33.8 Å². The molecule has 1 amide bonds. The third-order valence-electron chi connectivity index (χ3n) is 3.80. The van der Waals surface area contributed by atoms with Crippen molar-refractivity contribution in [3.63, 3.8) is 0 Å². The van der Waals surface area contributed by atoms with Crippen molar-refractivity contribution in [2.24, 2.45) is 5.41 Å². The molecule has 0 heterocycles. The zero-order valence-corrected chi connectivity index (χ0v) is 13.6. The molecule has 0 radical (unpaired) electrons. The first-order valence-electron chi connectivity index (χ1n) is 6.78. The highest BCUT2D eigenvalue weighted by molar-refractivity contribution is 6.35. The van der Waals surface area contributed by atoms with Gasteiger partial charge >= 0.3 is 5.97 Å². The summed E-state index contributed by atoms with van der Waals surface area (Å²) in [6, 6.07) is 4.93. The lowest BCUT2D eigenvalue weighted by Crippen LogP contribution is -2.42. The molecule has 2 N–H and O–H groups in total. The smallest absolute Gasteiger partial charge is 0.311 e. The van der Waals surface area contributed by atoms with Crippen LogP contribution in [0.1, 0.15) is 32.3 Å². The molecule has 0 aliphatic rings. The van der Waals surface area contributed by atoms with Crippen LogP contribution in [0, 0.1) is 5.41 Å². The standard InChI is InChI=1S/C15H19Cl2NO3/c1-3-15(4-2,14(20)21)9-18-13(19)7-10-5-6-11(16)8-12(10)17/h5-6,8H,3-4,7,9H2,1-2H3,(H,18,19)(H,20,21). The van der Waals surface area contributed by atoms with E-state index in [0.29, 0.717) is 28.5 Å². The van der Waals surface area contributed by atoms with Gasteiger partial charge in [-0.25, -0.2) is 0 Å². The van der Waals surface area contributed by atoms with Gasteiger partial charge in [-0.2, -0.15) is 0 Å². The topological polar surface area (TPSA) is 66.4 Å². The van der Waals surface area contributed by atoms with Gasteiger partial charge < -0.3 is 10.4 Å². The molecule has 4 nitrogen and oxygen atoms in total. The average Bonchev–Trinajstić information content (AvgIpc) is 2.43. The number of nitrogens with one attached hydrogen (secondary N) is 1. The number of benzene rings is 1. The molecule has 0 fully saturated rings. The van der Waals surface area contributed by atoms with Crippen molar-refractivity contribution >= 4 is 35.1 Å². The number of hydrogen-bond donors (Lipinski definition) is 2. The van der Waals surface area contributed by atoms with E-state index >= 15 is 0 Å². The normalized spacial score (nSPS) is 11.2. The van der Waals surface area contributed by atoms with Crippen LogP contribution >= 0.6 is 23.2 Å². The van der Waals surface area contributed by atoms with Crippen molar-refractivity contribution in [1.82, 2.24) is 5.32 Å². The predicted octanol–water partition coefficient (Wildman–Crippen LogP) is 3.54. The van der Waals surface area contributed by atoms with Crippen LogP contribution in [0.4, 0.5) is 0 Å². The zero-order valence-electron chi connectivity index (χ0n) is 12.1. The van der Waals surface area contributed by atoms with E-state index in [0.717, 1.165) is 0 Å². The second kappa shape index (κ2) is 7.66. The third kappa shape index (κ3) is 4.61. The van der Waals surface area contributed by atoms with Crippen molar-refractivity contribution in [1.29, 1.82) is 0 Å². The van der Waals surface area contributed by atoms with Crippen LogP contribution < -0.4 is 5.32 Å². The number of amides is 1. The van der Waals surface area contributed by atoms with Gasteiger partial charge in [0.2, 0.25) is 5.91 Å². The SMILES string of the molecule is CCC(CC)(CNC(=O)Cc1ccc(Cl)cc1Cl)C(=O)O. The van der Waals surface area contributed by atoms with Gasteiger partial charge in [0.05, 0.1) is 11.8 Å². The maximum absolute atomic E-state index is 12.0. The van der Waals surface area contributed by atoms with Crippen molar-refractivity contribution in [2.45, 2.75) is 33.1 Å². The number of carbonyl (C=O) groups excluding carboxylic acids is 1. The average molecular weight is 332 g/mol. The summed E-state index contributed by atoms with van der Waals surface area (Å²) in [7, 11) is 0. The molecule has 0 spiro atoms. The van der Waals surface area contributed by atoms with Gasteiger partial charge in [-0.1, -0.05) is 43.1 Å². The molecule has 0 saturated carbocycles. The van der Waals surface area contributed by atoms with Crippen LogP contribution in [0.2, 0.25) is 10.0 Å². The first kappa shape index (κ1) is 17.8. The fourth-order valence-corrected chi connectivity index (χ4v) is 2.52. The van der Waals surface area contributed by atoms with Crippen LogP contribution in [0.25, 0.3) is 0 Å². The summed E-state index contributed by atoms with van der Waals surface area (Å²) < 4.78 is 0. The van der Waals surface area contributed by atoms with E-state index in [-0.39, 0.29) is 18.9 Å². The van der Waals surface area contributed by atoms with Gasteiger partial charge in [-0.05, 0) is 30.5 Å². The largest absolute Gasteiger partial charge is 0.481 e. The number of carboxylic acids is 1. The van der Waals surface area contributed by atoms with Crippen LogP contribution in [-0.2, 0) is 16.0 Å². The quantitative estimate of drug-likeness (QED) is 0.802. The molecule has 116 valence electrons. The third-order valence-corrected chi connectivity index (χ3v) is 4.38. The van der Waals surface area contributed by atoms with E-state index in [1.807, 2.05) is 0 Å². The van der Waals surface area contributed by atoms with Crippen LogP contribution in [-0.4, -0.2) is 23.5 Å². The Balaban J connectivity index is 2.67. The number of halogens is 2. The zero-order chi connectivity index (χ0) is 16.0. The molecule has 0 aliphatic heterocycles. The Morgan fingerprint density at radius 3 is 2.33 bits per heavy atom. The highest BCUT2D eigenvalue weighted by Crippen LogP contribution is 2.26. The second-order valence-corrected chi connectivity index (χ2v) is 5.83. The molecule has 1 aromatic rings. The molecule has 0 bridgehead atoms. The second-order valence-electron chi connectivity index (χ2n) is 4.98. The fourth-order valence-electron chi connectivity index (χ4n) is 2.05. The summed E-state index contributed by atoms with van der Waals surface area (Å²) in [5.41, 5.74) is -0.257. The summed E-state index contributed by atoms with van der Waals surface area (Å²) in [5, 5.41) is 12.9. The minimum absolute atomic E-state index is 0.0964. The van der Waals surface area contributed by atoms with Gasteiger partial charge in [-0.15, -0.1) is 0 Å². The monoisotopic (exact) mass is 331 g/mol. The Hall–Kier alpha value is -1.26. The molecule has 6 heteroatoms. The van der Waals surface area contributed by atoms with Gasteiger partial charge in [0, 0.05) is 16.6 Å². The summed E-state index contributed by atoms with van der Waals surface area (Å²) in [6.07, 6.45) is 1.01. The molecule has 1 rings (SSSR count). The highest BCUT2D eigenvalue weighted by Gasteiger charge is 2.35. The minimum Gasteiger partial charge on any atom is -0.481 e. The molecule has 0 atom stereocenters. The number of carboxylic acid groups (broad SMARTS) is 1. The van der Waals surface area contributed by atoms with Gasteiger partial charge in [-0.3, -0.25) is 9.59 Å².